The van der Waals surface area contributed by atoms with Crippen molar-refractivity contribution >= 4 is 27.8 Å². The van der Waals surface area contributed by atoms with Crippen molar-refractivity contribution < 1.29 is 9.50 Å². The number of aliphatic hydroxyl groups excluding tert-OH is 1. The fraction of sp³-hybridized carbons (Fsp3) is 0.148. The van der Waals surface area contributed by atoms with Crippen LogP contribution in [-0.2, 0) is 0 Å². The first kappa shape index (κ1) is 22.7. The molecule has 10 heteroatoms. The van der Waals surface area contributed by atoms with Gasteiger partial charge in [0.2, 0.25) is 0 Å². The number of aromatic nitrogens is 7. The maximum absolute atomic E-state index is 14.5. The predicted octanol–water partition coefficient (Wildman–Crippen LogP) is 5.29. The summed E-state index contributed by atoms with van der Waals surface area (Å²) in [5.41, 5.74) is 5.88. The number of pyridine rings is 3. The Labute approximate surface area is 210 Å². The third kappa shape index (κ3) is 4.27. The summed E-state index contributed by atoms with van der Waals surface area (Å²) in [6, 6.07) is 10.4. The van der Waals surface area contributed by atoms with Crippen LogP contribution in [0.1, 0.15) is 19.8 Å². The number of aromatic amines is 2. The zero-order valence-electron chi connectivity index (χ0n) is 19.9. The minimum atomic E-state index is -0.639. The van der Waals surface area contributed by atoms with Crippen molar-refractivity contribution in [3.63, 3.8) is 0 Å². The van der Waals surface area contributed by atoms with E-state index in [0.717, 1.165) is 28.6 Å². The molecule has 0 spiro atoms. The largest absolute Gasteiger partial charge is 0.374 e. The van der Waals surface area contributed by atoms with Gasteiger partial charge in [0, 0.05) is 40.8 Å². The molecule has 6 aromatic rings. The third-order valence-electron chi connectivity index (χ3n) is 6.17. The lowest BCUT2D eigenvalue weighted by atomic mass is 10.1. The van der Waals surface area contributed by atoms with E-state index >= 15 is 0 Å². The molecule has 9 nitrogen and oxygen atoms in total. The van der Waals surface area contributed by atoms with Gasteiger partial charge in [-0.2, -0.15) is 5.10 Å². The number of fused-ring (bicyclic) bond motifs is 2. The molecule has 4 N–H and O–H groups in total. The number of hydrogen-bond donors (Lipinski definition) is 4. The third-order valence-corrected chi connectivity index (χ3v) is 6.17. The zero-order chi connectivity index (χ0) is 25.4. The van der Waals surface area contributed by atoms with E-state index in [1.54, 1.807) is 49.2 Å². The van der Waals surface area contributed by atoms with E-state index in [2.05, 4.69) is 35.5 Å². The van der Waals surface area contributed by atoms with E-state index in [1.165, 1.54) is 6.07 Å². The van der Waals surface area contributed by atoms with Crippen molar-refractivity contribution in [3.8, 4) is 33.8 Å². The highest BCUT2D eigenvalue weighted by Crippen LogP contribution is 2.33. The standard InChI is InChI=1S/C27H23FN8O/c1-2-5-23(37)32-17-8-15(10-29-12-17)16-9-19-25(35-36-26(19)31-11-16)27-33-22-14-30-13-20(24(22)34-27)18-6-3-4-7-21(18)28/h3-4,6-14,23,32,37H,2,5H2,1H3,(H,33,34)(H,31,35,36). The van der Waals surface area contributed by atoms with Crippen molar-refractivity contribution in [3.05, 3.63) is 73.2 Å². The number of aliphatic hydroxyl groups is 1. The Morgan fingerprint density at radius 1 is 1.00 bits per heavy atom. The van der Waals surface area contributed by atoms with Crippen LogP contribution in [0.3, 0.4) is 0 Å². The lowest BCUT2D eigenvalue weighted by molar-refractivity contribution is 0.192. The number of H-pyrrole nitrogens is 2. The smallest absolute Gasteiger partial charge is 0.159 e. The number of halogens is 1. The van der Waals surface area contributed by atoms with Crippen molar-refractivity contribution in [1.29, 1.82) is 0 Å². The van der Waals surface area contributed by atoms with Crippen LogP contribution in [0.5, 0.6) is 0 Å². The fourth-order valence-corrected chi connectivity index (χ4v) is 4.38. The second kappa shape index (κ2) is 9.40. The van der Waals surface area contributed by atoms with E-state index in [9.17, 15) is 9.50 Å². The average molecular weight is 495 g/mol. The van der Waals surface area contributed by atoms with Gasteiger partial charge in [0.15, 0.2) is 11.5 Å². The number of benzene rings is 1. The summed E-state index contributed by atoms with van der Waals surface area (Å²) in [6.07, 6.45) is 9.30. The summed E-state index contributed by atoms with van der Waals surface area (Å²) in [7, 11) is 0. The molecule has 0 saturated carbocycles. The van der Waals surface area contributed by atoms with E-state index < -0.39 is 6.23 Å². The van der Waals surface area contributed by atoms with Crippen molar-refractivity contribution in [2.45, 2.75) is 26.0 Å². The Hall–Kier alpha value is -4.70. The summed E-state index contributed by atoms with van der Waals surface area (Å²) < 4.78 is 14.5. The van der Waals surface area contributed by atoms with Gasteiger partial charge in [-0.3, -0.25) is 15.1 Å². The molecule has 0 radical (unpaired) electrons. The topological polar surface area (TPSA) is 128 Å². The number of nitrogens with one attached hydrogen (secondary N) is 3. The monoisotopic (exact) mass is 494 g/mol. The van der Waals surface area contributed by atoms with Crippen LogP contribution in [0.15, 0.2) is 67.4 Å². The van der Waals surface area contributed by atoms with Crippen LogP contribution in [-0.4, -0.2) is 46.5 Å². The van der Waals surface area contributed by atoms with Crippen molar-refractivity contribution in [2.24, 2.45) is 0 Å². The van der Waals surface area contributed by atoms with Gasteiger partial charge in [-0.05, 0) is 24.6 Å². The van der Waals surface area contributed by atoms with Crippen LogP contribution in [0.2, 0.25) is 0 Å². The molecular weight excluding hydrogens is 471 g/mol. The van der Waals surface area contributed by atoms with Gasteiger partial charge < -0.3 is 15.4 Å². The first-order chi connectivity index (χ1) is 18.1. The van der Waals surface area contributed by atoms with Gasteiger partial charge in [-0.25, -0.2) is 14.4 Å². The average Bonchev–Trinajstić information content (AvgIpc) is 3.53. The molecular formula is C27H23FN8O. The lowest BCUT2D eigenvalue weighted by Crippen LogP contribution is -2.18. The Morgan fingerprint density at radius 2 is 1.84 bits per heavy atom. The highest BCUT2D eigenvalue weighted by Gasteiger charge is 2.18. The molecule has 0 saturated heterocycles. The van der Waals surface area contributed by atoms with Crippen LogP contribution in [0.25, 0.3) is 55.8 Å². The molecule has 0 aliphatic rings. The zero-order valence-corrected chi connectivity index (χ0v) is 19.9. The molecule has 0 aliphatic carbocycles. The first-order valence-electron chi connectivity index (χ1n) is 11.9. The summed E-state index contributed by atoms with van der Waals surface area (Å²) in [5.74, 6) is 0.176. The second-order valence-corrected chi connectivity index (χ2v) is 8.75. The summed E-state index contributed by atoms with van der Waals surface area (Å²) >= 11 is 0. The van der Waals surface area contributed by atoms with Crippen LogP contribution in [0, 0.1) is 5.82 Å². The number of nitrogens with zero attached hydrogens (tertiary/aromatic N) is 5. The molecule has 1 atom stereocenters. The van der Waals surface area contributed by atoms with Gasteiger partial charge in [-0.1, -0.05) is 31.5 Å². The van der Waals surface area contributed by atoms with Gasteiger partial charge in [0.1, 0.15) is 23.3 Å². The molecule has 1 unspecified atom stereocenters. The van der Waals surface area contributed by atoms with E-state index in [4.69, 9.17) is 4.98 Å². The minimum Gasteiger partial charge on any atom is -0.374 e. The summed E-state index contributed by atoms with van der Waals surface area (Å²) in [6.45, 7) is 2.02. The van der Waals surface area contributed by atoms with Crippen molar-refractivity contribution in [1.82, 2.24) is 35.1 Å². The maximum atomic E-state index is 14.5. The molecule has 0 fully saturated rings. The highest BCUT2D eigenvalue weighted by atomic mass is 19.1. The predicted molar refractivity (Wildman–Crippen MR) is 140 cm³/mol. The van der Waals surface area contributed by atoms with Crippen LogP contribution >= 0.6 is 0 Å². The van der Waals surface area contributed by atoms with Crippen LogP contribution in [0.4, 0.5) is 10.1 Å². The Morgan fingerprint density at radius 3 is 2.70 bits per heavy atom. The maximum Gasteiger partial charge on any atom is 0.159 e. The van der Waals surface area contributed by atoms with Gasteiger partial charge in [-0.15, -0.1) is 0 Å². The van der Waals surface area contributed by atoms with E-state index in [1.807, 2.05) is 19.1 Å². The van der Waals surface area contributed by atoms with Gasteiger partial charge >= 0.3 is 0 Å². The molecule has 0 bridgehead atoms. The molecule has 37 heavy (non-hydrogen) atoms. The Balaban J connectivity index is 1.41. The second-order valence-electron chi connectivity index (χ2n) is 8.75. The molecule has 0 aliphatic heterocycles. The van der Waals surface area contributed by atoms with E-state index in [0.29, 0.717) is 45.7 Å². The normalized spacial score (nSPS) is 12.3. The quantitative estimate of drug-likeness (QED) is 0.222. The molecule has 5 aromatic heterocycles. The molecule has 1 aromatic carbocycles. The fourth-order valence-electron chi connectivity index (χ4n) is 4.38. The Kier molecular flexibility index (Phi) is 5.78. The first-order valence-corrected chi connectivity index (χ1v) is 11.9. The number of hydrogen-bond acceptors (Lipinski definition) is 7. The molecule has 5 heterocycles. The van der Waals surface area contributed by atoms with Crippen LogP contribution < -0.4 is 5.32 Å². The highest BCUT2D eigenvalue weighted by molar-refractivity contribution is 5.96. The molecule has 0 amide bonds. The van der Waals surface area contributed by atoms with Gasteiger partial charge in [0.25, 0.3) is 0 Å². The molecule has 6 rings (SSSR count). The minimum absolute atomic E-state index is 0.340. The van der Waals surface area contributed by atoms with E-state index in [-0.39, 0.29) is 5.82 Å². The summed E-state index contributed by atoms with van der Waals surface area (Å²) in [4.78, 5) is 21.2. The van der Waals surface area contributed by atoms with Crippen molar-refractivity contribution in [2.75, 3.05) is 5.32 Å². The lowest BCUT2D eigenvalue weighted by Gasteiger charge is -2.13. The number of anilines is 1. The Bertz CT molecular complexity index is 1730. The SMILES string of the molecule is CCCC(O)Nc1cncc(-c2cnc3[nH]nc(-c4nc5c(-c6ccccc6F)cncc5[nH]4)c3c2)c1. The van der Waals surface area contributed by atoms with Gasteiger partial charge in [0.05, 0.1) is 29.0 Å². The molecule has 184 valence electrons. The number of rotatable bonds is 7. The number of imidazole rings is 1. The summed E-state index contributed by atoms with van der Waals surface area (Å²) in [5, 5.41) is 21.4.